The maximum absolute atomic E-state index is 12.1. The number of nitrogens with two attached hydrogens (primary N) is 1. The van der Waals surface area contributed by atoms with Gasteiger partial charge in [0.25, 0.3) is 0 Å². The first-order chi connectivity index (χ1) is 10.7. The van der Waals surface area contributed by atoms with Crippen LogP contribution < -0.4 is 10.6 Å². The summed E-state index contributed by atoms with van der Waals surface area (Å²) in [5.41, 5.74) is 7.02. The molecular weight excluding hydrogens is 278 g/mol. The lowest BCUT2D eigenvalue weighted by Crippen LogP contribution is -2.29. The quantitative estimate of drug-likeness (QED) is 0.927. The number of cyclic esters (lactones) is 1. The van der Waals surface area contributed by atoms with Crippen LogP contribution >= 0.6 is 0 Å². The van der Waals surface area contributed by atoms with Gasteiger partial charge >= 0.3 is 6.09 Å². The number of carbonyl (C=O) groups excluding carboxylic acids is 1. The highest BCUT2D eigenvalue weighted by Gasteiger charge is 2.68. The standard InChI is InChI=1S/C17H19N3O2/c18-8-11-9-20(16(21)22-11)15-7-2-1-4-14(15)17(10-19)12-5-3-6-13(12)17/h1-2,4,7,11-13H,3,5-6,8-9,18H2/t11-,12+,13?,17-/m1/s1. The van der Waals surface area contributed by atoms with Crippen LogP contribution in [-0.4, -0.2) is 25.3 Å². The van der Waals surface area contributed by atoms with Crippen LogP contribution in [0.1, 0.15) is 24.8 Å². The lowest BCUT2D eigenvalue weighted by molar-refractivity contribution is 0.145. The molecule has 3 fully saturated rings. The third kappa shape index (κ3) is 1.65. The lowest BCUT2D eigenvalue weighted by Gasteiger charge is -2.22. The number of nitriles is 1. The molecule has 2 N–H and O–H groups in total. The molecule has 2 aliphatic carbocycles. The Morgan fingerprint density at radius 1 is 1.36 bits per heavy atom. The first kappa shape index (κ1) is 13.6. The maximum atomic E-state index is 12.1. The minimum Gasteiger partial charge on any atom is -0.443 e. The zero-order valence-corrected chi connectivity index (χ0v) is 12.4. The van der Waals surface area contributed by atoms with Crippen molar-refractivity contribution < 1.29 is 9.53 Å². The Kier molecular flexibility index (Phi) is 2.92. The van der Waals surface area contributed by atoms with Crippen LogP contribution in [0.3, 0.4) is 0 Å². The molecular formula is C17H19N3O2. The van der Waals surface area contributed by atoms with Gasteiger partial charge in [0.2, 0.25) is 0 Å². The largest absolute Gasteiger partial charge is 0.443 e. The van der Waals surface area contributed by atoms with Crippen molar-refractivity contribution in [3.8, 4) is 6.07 Å². The summed E-state index contributed by atoms with van der Waals surface area (Å²) in [4.78, 5) is 13.8. The van der Waals surface area contributed by atoms with Gasteiger partial charge in [0.1, 0.15) is 6.10 Å². The van der Waals surface area contributed by atoms with Gasteiger partial charge in [-0.25, -0.2) is 4.79 Å². The van der Waals surface area contributed by atoms with Crippen molar-refractivity contribution in [3.63, 3.8) is 0 Å². The predicted molar refractivity (Wildman–Crippen MR) is 81.2 cm³/mol. The van der Waals surface area contributed by atoms with Crippen LogP contribution in [-0.2, 0) is 10.2 Å². The molecule has 5 heteroatoms. The molecule has 2 saturated carbocycles. The molecule has 1 heterocycles. The zero-order chi connectivity index (χ0) is 15.3. The minimum atomic E-state index is -0.407. The molecule has 5 nitrogen and oxygen atoms in total. The minimum absolute atomic E-state index is 0.266. The number of carbonyl (C=O) groups is 1. The van der Waals surface area contributed by atoms with E-state index < -0.39 is 5.41 Å². The van der Waals surface area contributed by atoms with Crippen molar-refractivity contribution in [2.24, 2.45) is 17.6 Å². The van der Waals surface area contributed by atoms with Gasteiger partial charge in [-0.2, -0.15) is 5.26 Å². The number of hydrogen-bond donors (Lipinski definition) is 1. The Morgan fingerprint density at radius 2 is 2.09 bits per heavy atom. The first-order valence-electron chi connectivity index (χ1n) is 7.91. The zero-order valence-electron chi connectivity index (χ0n) is 12.4. The monoisotopic (exact) mass is 297 g/mol. The third-order valence-corrected chi connectivity index (χ3v) is 5.54. The van der Waals surface area contributed by atoms with Crippen LogP contribution in [0.4, 0.5) is 10.5 Å². The van der Waals surface area contributed by atoms with Gasteiger partial charge < -0.3 is 10.5 Å². The molecule has 1 unspecified atom stereocenters. The summed E-state index contributed by atoms with van der Waals surface area (Å²) in [5, 5.41) is 9.84. The van der Waals surface area contributed by atoms with E-state index in [2.05, 4.69) is 6.07 Å². The number of benzene rings is 1. The van der Waals surface area contributed by atoms with Crippen LogP contribution in [0.25, 0.3) is 0 Å². The Hall–Kier alpha value is -2.06. The van der Waals surface area contributed by atoms with Crippen molar-refractivity contribution >= 4 is 11.8 Å². The summed E-state index contributed by atoms with van der Waals surface area (Å²) in [6, 6.07) is 10.4. The number of rotatable bonds is 3. The molecule has 4 rings (SSSR count). The Bertz CT molecular complexity index is 656. The fraction of sp³-hybridized carbons (Fsp3) is 0.529. The van der Waals surface area contributed by atoms with E-state index in [1.54, 1.807) is 4.90 Å². The van der Waals surface area contributed by atoms with Gasteiger partial charge in [-0.15, -0.1) is 0 Å². The molecule has 4 atom stereocenters. The van der Waals surface area contributed by atoms with Gasteiger partial charge in [0.05, 0.1) is 23.7 Å². The number of nitrogens with zero attached hydrogens (tertiary/aromatic N) is 2. The molecule has 114 valence electrons. The molecule has 1 amide bonds. The van der Waals surface area contributed by atoms with Crippen LogP contribution in [0, 0.1) is 23.2 Å². The van der Waals surface area contributed by atoms with Crippen LogP contribution in [0.2, 0.25) is 0 Å². The van der Waals surface area contributed by atoms with E-state index in [9.17, 15) is 10.1 Å². The second kappa shape index (κ2) is 4.72. The van der Waals surface area contributed by atoms with Gasteiger partial charge in [0.15, 0.2) is 0 Å². The normalized spacial score (nSPS) is 35.9. The Morgan fingerprint density at radius 3 is 2.73 bits per heavy atom. The van der Waals surface area contributed by atoms with E-state index in [1.165, 1.54) is 6.42 Å². The number of hydrogen-bond acceptors (Lipinski definition) is 4. The van der Waals surface area contributed by atoms with Crippen molar-refractivity contribution in [2.45, 2.75) is 30.8 Å². The lowest BCUT2D eigenvalue weighted by atomic mass is 9.87. The molecule has 0 radical (unpaired) electrons. The molecule has 0 aromatic heterocycles. The molecule has 22 heavy (non-hydrogen) atoms. The second-order valence-electron chi connectivity index (χ2n) is 6.49. The van der Waals surface area contributed by atoms with Gasteiger partial charge in [-0.3, -0.25) is 4.90 Å². The molecule has 0 spiro atoms. The van der Waals surface area contributed by atoms with E-state index in [4.69, 9.17) is 10.5 Å². The Labute approximate surface area is 129 Å². The number of amides is 1. The highest BCUT2D eigenvalue weighted by Crippen LogP contribution is 2.68. The summed E-state index contributed by atoms with van der Waals surface area (Å²) in [6.45, 7) is 0.780. The second-order valence-corrected chi connectivity index (χ2v) is 6.49. The van der Waals surface area contributed by atoms with Crippen LogP contribution in [0.5, 0.6) is 0 Å². The SMILES string of the molecule is N#C[C@]1(c2ccccc2N2C[C@@H](CN)OC2=O)C2CCC[C@@H]21. The maximum Gasteiger partial charge on any atom is 0.414 e. The fourth-order valence-corrected chi connectivity index (χ4v) is 4.48. The summed E-state index contributed by atoms with van der Waals surface area (Å²) >= 11 is 0. The summed E-state index contributed by atoms with van der Waals surface area (Å²) in [5.74, 6) is 0.894. The smallest absolute Gasteiger partial charge is 0.414 e. The van der Waals surface area contributed by atoms with Gasteiger partial charge in [0, 0.05) is 6.54 Å². The van der Waals surface area contributed by atoms with Crippen molar-refractivity contribution in [1.29, 1.82) is 5.26 Å². The molecule has 1 saturated heterocycles. The summed E-state index contributed by atoms with van der Waals surface area (Å²) in [7, 11) is 0. The van der Waals surface area contributed by atoms with E-state index in [-0.39, 0.29) is 12.2 Å². The van der Waals surface area contributed by atoms with E-state index in [0.717, 1.165) is 24.1 Å². The van der Waals surface area contributed by atoms with E-state index in [1.807, 2.05) is 24.3 Å². The van der Waals surface area contributed by atoms with Crippen molar-refractivity contribution in [1.82, 2.24) is 0 Å². The van der Waals surface area contributed by atoms with E-state index >= 15 is 0 Å². The number of anilines is 1. The topological polar surface area (TPSA) is 79.3 Å². The van der Waals surface area contributed by atoms with E-state index in [0.29, 0.717) is 24.9 Å². The number of fused-ring (bicyclic) bond motifs is 1. The predicted octanol–water partition coefficient (Wildman–Crippen LogP) is 2.16. The van der Waals surface area contributed by atoms with Crippen molar-refractivity contribution in [3.05, 3.63) is 29.8 Å². The van der Waals surface area contributed by atoms with Crippen LogP contribution in [0.15, 0.2) is 24.3 Å². The molecule has 3 aliphatic rings. The van der Waals surface area contributed by atoms with Crippen molar-refractivity contribution in [2.75, 3.05) is 18.0 Å². The Balaban J connectivity index is 1.74. The van der Waals surface area contributed by atoms with Gasteiger partial charge in [-0.1, -0.05) is 24.6 Å². The third-order valence-electron chi connectivity index (χ3n) is 5.54. The molecule has 0 bridgehead atoms. The molecule has 1 aromatic rings. The number of para-hydroxylation sites is 1. The first-order valence-corrected chi connectivity index (χ1v) is 7.91. The molecule has 1 aliphatic heterocycles. The highest BCUT2D eigenvalue weighted by atomic mass is 16.6. The average Bonchev–Trinajstić information content (AvgIpc) is 2.89. The highest BCUT2D eigenvalue weighted by molar-refractivity contribution is 5.91. The summed E-state index contributed by atoms with van der Waals surface area (Å²) in [6.07, 6.45) is 2.81. The number of ether oxygens (including phenoxy) is 1. The summed E-state index contributed by atoms with van der Waals surface area (Å²) < 4.78 is 5.27. The van der Waals surface area contributed by atoms with Gasteiger partial charge in [-0.05, 0) is 36.3 Å². The molecule has 1 aromatic carbocycles. The fourth-order valence-electron chi connectivity index (χ4n) is 4.48. The average molecular weight is 297 g/mol.